The second kappa shape index (κ2) is 3.36. The number of nitrogens with one attached hydrogen (secondary N) is 1. The fraction of sp³-hybridized carbons (Fsp3) is 0.667. The summed E-state index contributed by atoms with van der Waals surface area (Å²) in [6, 6.07) is 0. The summed E-state index contributed by atoms with van der Waals surface area (Å²) in [5.74, 6) is 0.943. The molecule has 1 heterocycles. The monoisotopic (exact) mass is 159 g/mol. The Labute approximate surface area is 56.9 Å². The SMILES string of the molecule is O=C1NCCS1.[Fe]. The third-order valence-electron chi connectivity index (χ3n) is 0.605. The molecule has 0 spiro atoms. The molecule has 7 heavy (non-hydrogen) atoms. The smallest absolute Gasteiger partial charge is 0.279 e. The van der Waals surface area contributed by atoms with Gasteiger partial charge in [-0.3, -0.25) is 4.79 Å². The maximum atomic E-state index is 10.1. The molecule has 0 aromatic carbocycles. The number of carbonyl (C=O) groups excluding carboxylic acids is 1. The van der Waals surface area contributed by atoms with E-state index in [1.165, 1.54) is 11.8 Å². The van der Waals surface area contributed by atoms with Crippen LogP contribution in [0.25, 0.3) is 0 Å². The minimum Gasteiger partial charge on any atom is -0.346 e. The molecule has 0 saturated carbocycles. The third-order valence-corrected chi connectivity index (χ3v) is 1.42. The molecule has 1 N–H and O–H groups in total. The summed E-state index contributed by atoms with van der Waals surface area (Å²) in [4.78, 5) is 10.1. The van der Waals surface area contributed by atoms with Gasteiger partial charge in [-0.1, -0.05) is 11.8 Å². The number of rotatable bonds is 0. The van der Waals surface area contributed by atoms with E-state index in [1.807, 2.05) is 0 Å². The second-order valence-electron chi connectivity index (χ2n) is 1.06. The van der Waals surface area contributed by atoms with Crippen molar-refractivity contribution in [3.05, 3.63) is 0 Å². The first-order chi connectivity index (χ1) is 2.89. The third kappa shape index (κ3) is 2.22. The van der Waals surface area contributed by atoms with Gasteiger partial charge in [-0.05, 0) is 0 Å². The van der Waals surface area contributed by atoms with Gasteiger partial charge >= 0.3 is 0 Å². The normalized spacial score (nSPS) is 18.0. The van der Waals surface area contributed by atoms with Crippen molar-refractivity contribution in [2.24, 2.45) is 0 Å². The minimum atomic E-state index is 0. The first-order valence-corrected chi connectivity index (χ1v) is 2.79. The zero-order chi connectivity index (χ0) is 4.41. The van der Waals surface area contributed by atoms with Crippen molar-refractivity contribution in [3.8, 4) is 0 Å². The van der Waals surface area contributed by atoms with Crippen LogP contribution in [0.5, 0.6) is 0 Å². The number of hydrogen-bond donors (Lipinski definition) is 1. The largest absolute Gasteiger partial charge is 0.346 e. The van der Waals surface area contributed by atoms with Crippen molar-refractivity contribution in [1.29, 1.82) is 0 Å². The maximum Gasteiger partial charge on any atom is 0.279 e. The zero-order valence-corrected chi connectivity index (χ0v) is 5.50. The van der Waals surface area contributed by atoms with Crippen molar-refractivity contribution < 1.29 is 21.9 Å². The zero-order valence-electron chi connectivity index (χ0n) is 3.58. The molecule has 1 saturated heterocycles. The number of hydrogen-bond acceptors (Lipinski definition) is 2. The topological polar surface area (TPSA) is 29.1 Å². The van der Waals surface area contributed by atoms with Crippen LogP contribution in [-0.4, -0.2) is 17.5 Å². The average molecular weight is 159 g/mol. The number of amides is 1. The van der Waals surface area contributed by atoms with Crippen molar-refractivity contribution in [2.75, 3.05) is 12.3 Å². The molecule has 42 valence electrons. The van der Waals surface area contributed by atoms with Crippen molar-refractivity contribution in [3.63, 3.8) is 0 Å². The summed E-state index contributed by atoms with van der Waals surface area (Å²) in [6.45, 7) is 0.851. The molecule has 0 atom stereocenters. The Balaban J connectivity index is 0.000000360. The number of carbonyl (C=O) groups is 1. The Morgan fingerprint density at radius 1 is 1.71 bits per heavy atom. The summed E-state index contributed by atoms with van der Waals surface area (Å²) in [7, 11) is 0. The Kier molecular flexibility index (Phi) is 3.52. The standard InChI is InChI=1S/C3H5NOS.Fe/c5-3-4-1-2-6-3;/h1-2H2,(H,4,5);. The van der Waals surface area contributed by atoms with Crippen LogP contribution < -0.4 is 5.32 Å². The minimum absolute atomic E-state index is 0. The van der Waals surface area contributed by atoms with Gasteiger partial charge in [-0.15, -0.1) is 0 Å². The van der Waals surface area contributed by atoms with Crippen LogP contribution in [0.4, 0.5) is 4.79 Å². The predicted molar refractivity (Wildman–Crippen MR) is 25.9 cm³/mol. The van der Waals surface area contributed by atoms with Crippen molar-refractivity contribution >= 4 is 17.0 Å². The van der Waals surface area contributed by atoms with Gasteiger partial charge in [0, 0.05) is 29.4 Å². The van der Waals surface area contributed by atoms with Crippen LogP contribution in [0.2, 0.25) is 0 Å². The molecule has 0 aromatic heterocycles. The van der Waals surface area contributed by atoms with Gasteiger partial charge in [0.2, 0.25) is 0 Å². The molecule has 1 amide bonds. The maximum absolute atomic E-state index is 10.1. The summed E-state index contributed by atoms with van der Waals surface area (Å²) >= 11 is 1.35. The Morgan fingerprint density at radius 3 is 2.57 bits per heavy atom. The molecule has 4 heteroatoms. The van der Waals surface area contributed by atoms with E-state index in [1.54, 1.807) is 0 Å². The predicted octanol–water partition coefficient (Wildman–Crippen LogP) is 0.440. The molecule has 0 aromatic rings. The summed E-state index contributed by atoms with van der Waals surface area (Å²) in [5.41, 5.74) is 0. The van der Waals surface area contributed by atoms with E-state index in [9.17, 15) is 4.79 Å². The Hall–Kier alpha value is 0.339. The van der Waals surface area contributed by atoms with Gasteiger partial charge in [-0.25, -0.2) is 0 Å². The molecular weight excluding hydrogens is 154 g/mol. The van der Waals surface area contributed by atoms with Gasteiger partial charge in [0.1, 0.15) is 0 Å². The first kappa shape index (κ1) is 7.34. The quantitative estimate of drug-likeness (QED) is 0.519. The van der Waals surface area contributed by atoms with E-state index in [0.29, 0.717) is 0 Å². The average Bonchev–Trinajstić information content (AvgIpc) is 1.86. The first-order valence-electron chi connectivity index (χ1n) is 1.80. The molecule has 0 aliphatic carbocycles. The van der Waals surface area contributed by atoms with Crippen LogP contribution in [-0.2, 0) is 17.1 Å². The van der Waals surface area contributed by atoms with Gasteiger partial charge in [0.15, 0.2) is 0 Å². The fourth-order valence-electron chi connectivity index (χ4n) is 0.348. The van der Waals surface area contributed by atoms with E-state index < -0.39 is 0 Å². The molecular formula is C3H5FeNOS. The van der Waals surface area contributed by atoms with E-state index >= 15 is 0 Å². The van der Waals surface area contributed by atoms with Gasteiger partial charge < -0.3 is 5.32 Å². The second-order valence-corrected chi connectivity index (χ2v) is 2.13. The van der Waals surface area contributed by atoms with Gasteiger partial charge in [0.05, 0.1) is 0 Å². The molecule has 1 aliphatic heterocycles. The van der Waals surface area contributed by atoms with Gasteiger partial charge in [-0.2, -0.15) is 0 Å². The summed E-state index contributed by atoms with van der Waals surface area (Å²) in [5, 5.41) is 2.76. The van der Waals surface area contributed by atoms with E-state index in [4.69, 9.17) is 0 Å². The molecule has 1 fully saturated rings. The molecule has 0 radical (unpaired) electrons. The van der Waals surface area contributed by atoms with Crippen LogP contribution >= 0.6 is 11.8 Å². The Morgan fingerprint density at radius 2 is 2.43 bits per heavy atom. The molecule has 1 rings (SSSR count). The summed E-state index contributed by atoms with van der Waals surface area (Å²) in [6.07, 6.45) is 0. The molecule has 1 aliphatic rings. The fourth-order valence-corrected chi connectivity index (χ4v) is 0.941. The van der Waals surface area contributed by atoms with Crippen LogP contribution in [0, 0.1) is 0 Å². The molecule has 0 bridgehead atoms. The summed E-state index contributed by atoms with van der Waals surface area (Å²) < 4.78 is 0. The number of thioether (sulfide) groups is 1. The van der Waals surface area contributed by atoms with Crippen molar-refractivity contribution in [1.82, 2.24) is 5.32 Å². The van der Waals surface area contributed by atoms with Crippen molar-refractivity contribution in [2.45, 2.75) is 0 Å². The molecule has 2 nitrogen and oxygen atoms in total. The van der Waals surface area contributed by atoms with Crippen LogP contribution in [0.3, 0.4) is 0 Å². The Bertz CT molecular complexity index is 69.3. The van der Waals surface area contributed by atoms with Gasteiger partial charge in [0.25, 0.3) is 5.24 Å². The van der Waals surface area contributed by atoms with E-state index in [0.717, 1.165) is 12.3 Å². The molecule has 0 unspecified atom stereocenters. The van der Waals surface area contributed by atoms with Crippen LogP contribution in [0.15, 0.2) is 0 Å². The van der Waals surface area contributed by atoms with Crippen LogP contribution in [0.1, 0.15) is 0 Å². The van der Waals surface area contributed by atoms with E-state index in [2.05, 4.69) is 5.32 Å². The van der Waals surface area contributed by atoms with E-state index in [-0.39, 0.29) is 22.3 Å².